The first-order valence-electron chi connectivity index (χ1n) is 9.95. The van der Waals surface area contributed by atoms with Gasteiger partial charge in [-0.25, -0.2) is 0 Å². The Morgan fingerprint density at radius 3 is 2.25 bits per heavy atom. The largest absolute Gasteiger partial charge is 0.457 e. The van der Waals surface area contributed by atoms with Gasteiger partial charge in [-0.15, -0.1) is 0 Å². The molecular weight excluding hydrogens is 354 g/mol. The van der Waals surface area contributed by atoms with Gasteiger partial charge < -0.3 is 14.8 Å². The Morgan fingerprint density at radius 2 is 1.61 bits per heavy atom. The van der Waals surface area contributed by atoms with Gasteiger partial charge in [0.05, 0.1) is 0 Å². The van der Waals surface area contributed by atoms with E-state index in [9.17, 15) is 9.59 Å². The highest BCUT2D eigenvalue weighted by atomic mass is 16.5. The summed E-state index contributed by atoms with van der Waals surface area (Å²) in [5, 5.41) is 3.02. The molecule has 1 aliphatic heterocycles. The first kappa shape index (κ1) is 18.5. The predicted molar refractivity (Wildman–Crippen MR) is 105 cm³/mol. The van der Waals surface area contributed by atoms with Crippen LogP contribution in [0.5, 0.6) is 11.5 Å². The molecule has 146 valence electrons. The molecule has 1 saturated carbocycles. The van der Waals surface area contributed by atoms with Gasteiger partial charge in [-0.3, -0.25) is 9.59 Å². The Hall–Kier alpha value is -2.82. The lowest BCUT2D eigenvalue weighted by Crippen LogP contribution is -2.43. The zero-order chi connectivity index (χ0) is 19.5. The molecule has 2 aromatic carbocycles. The molecule has 1 aliphatic carbocycles. The third kappa shape index (κ3) is 3.75. The highest BCUT2D eigenvalue weighted by molar-refractivity contribution is 5.87. The zero-order valence-electron chi connectivity index (χ0n) is 16.0. The summed E-state index contributed by atoms with van der Waals surface area (Å²) >= 11 is 0. The average molecular weight is 379 g/mol. The van der Waals surface area contributed by atoms with Gasteiger partial charge in [0.25, 0.3) is 5.91 Å². The molecule has 28 heavy (non-hydrogen) atoms. The van der Waals surface area contributed by atoms with Crippen molar-refractivity contribution in [3.05, 3.63) is 59.7 Å². The fourth-order valence-corrected chi connectivity index (χ4v) is 4.16. The van der Waals surface area contributed by atoms with Crippen LogP contribution >= 0.6 is 0 Å². The second kappa shape index (κ2) is 8.05. The summed E-state index contributed by atoms with van der Waals surface area (Å²) < 4.78 is 11.3. The number of nitrogens with one attached hydrogen (secondary N) is 1. The molecule has 2 unspecified atom stereocenters. The molecular formula is C23H25NO4. The van der Waals surface area contributed by atoms with Crippen LogP contribution in [0.2, 0.25) is 0 Å². The molecule has 5 heteroatoms. The molecule has 0 spiro atoms. The van der Waals surface area contributed by atoms with Crippen molar-refractivity contribution in [2.24, 2.45) is 5.92 Å². The normalized spacial score (nSPS) is 21.0. The van der Waals surface area contributed by atoms with E-state index in [-0.39, 0.29) is 18.6 Å². The van der Waals surface area contributed by atoms with Gasteiger partial charge in [-0.05, 0) is 30.9 Å². The molecule has 2 aromatic rings. The Balaban J connectivity index is 1.45. The van der Waals surface area contributed by atoms with E-state index in [2.05, 4.69) is 12.2 Å². The summed E-state index contributed by atoms with van der Waals surface area (Å²) in [6.45, 7) is 1.90. The van der Waals surface area contributed by atoms with E-state index < -0.39 is 11.9 Å². The quantitative estimate of drug-likeness (QED) is 0.810. The number of carbonyl (C=O) groups excluding carboxylic acids is 2. The number of esters is 1. The maximum absolute atomic E-state index is 12.9. The maximum atomic E-state index is 12.9. The number of carbonyl (C=O) groups is 2. The minimum absolute atomic E-state index is 0.171. The number of hydrogen-bond acceptors (Lipinski definition) is 4. The molecule has 0 saturated heterocycles. The number of para-hydroxylation sites is 2. The van der Waals surface area contributed by atoms with Crippen molar-refractivity contribution in [1.29, 1.82) is 0 Å². The lowest BCUT2D eigenvalue weighted by Gasteiger charge is -2.29. The summed E-state index contributed by atoms with van der Waals surface area (Å²) in [5.74, 6) is 0.480. The molecule has 4 rings (SSSR count). The summed E-state index contributed by atoms with van der Waals surface area (Å²) in [4.78, 5) is 25.2. The van der Waals surface area contributed by atoms with Gasteiger partial charge in [-0.1, -0.05) is 56.2 Å². The van der Waals surface area contributed by atoms with Crippen molar-refractivity contribution in [2.75, 3.05) is 6.61 Å². The van der Waals surface area contributed by atoms with Crippen molar-refractivity contribution < 1.29 is 19.1 Å². The molecule has 2 atom stereocenters. The molecule has 0 bridgehead atoms. The van der Waals surface area contributed by atoms with E-state index in [4.69, 9.17) is 9.47 Å². The van der Waals surface area contributed by atoms with Crippen LogP contribution in [0.3, 0.4) is 0 Å². The summed E-state index contributed by atoms with van der Waals surface area (Å²) in [7, 11) is 0. The number of hydrogen-bond donors (Lipinski definition) is 1. The molecule has 2 aliphatic rings. The number of amides is 1. The lowest BCUT2D eigenvalue weighted by molar-refractivity contribution is -0.149. The summed E-state index contributed by atoms with van der Waals surface area (Å²) in [5.41, 5.74) is 1.51. The first-order chi connectivity index (χ1) is 13.6. The molecule has 5 nitrogen and oxygen atoms in total. The fraction of sp³-hybridized carbons (Fsp3) is 0.391. The van der Waals surface area contributed by atoms with Gasteiger partial charge >= 0.3 is 5.97 Å². The van der Waals surface area contributed by atoms with Crippen LogP contribution in [0.25, 0.3) is 0 Å². The van der Waals surface area contributed by atoms with Crippen LogP contribution < -0.4 is 10.1 Å². The highest BCUT2D eigenvalue weighted by Gasteiger charge is 2.34. The fourth-order valence-electron chi connectivity index (χ4n) is 4.16. The number of rotatable bonds is 4. The van der Waals surface area contributed by atoms with E-state index in [1.165, 1.54) is 6.42 Å². The van der Waals surface area contributed by atoms with Gasteiger partial charge in [0, 0.05) is 17.2 Å². The minimum atomic E-state index is -0.595. The molecule has 1 fully saturated rings. The van der Waals surface area contributed by atoms with E-state index in [0.29, 0.717) is 17.4 Å². The Morgan fingerprint density at radius 1 is 1.00 bits per heavy atom. The number of benzene rings is 2. The van der Waals surface area contributed by atoms with Crippen LogP contribution in [0.15, 0.2) is 48.5 Å². The van der Waals surface area contributed by atoms with E-state index in [1.54, 1.807) is 0 Å². The average Bonchev–Trinajstić information content (AvgIpc) is 2.72. The molecule has 1 amide bonds. The monoisotopic (exact) mass is 379 g/mol. The van der Waals surface area contributed by atoms with Gasteiger partial charge in [0.1, 0.15) is 17.4 Å². The Bertz CT molecular complexity index is 833. The van der Waals surface area contributed by atoms with E-state index in [1.807, 2.05) is 48.5 Å². The molecule has 1 N–H and O–H groups in total. The second-order valence-electron chi connectivity index (χ2n) is 7.65. The third-order valence-electron chi connectivity index (χ3n) is 5.72. The molecule has 0 radical (unpaired) electrons. The van der Waals surface area contributed by atoms with Crippen LogP contribution in [0.1, 0.15) is 49.7 Å². The van der Waals surface area contributed by atoms with E-state index >= 15 is 0 Å². The van der Waals surface area contributed by atoms with E-state index in [0.717, 1.165) is 30.4 Å². The van der Waals surface area contributed by atoms with Crippen molar-refractivity contribution in [2.45, 2.75) is 44.6 Å². The van der Waals surface area contributed by atoms with Crippen molar-refractivity contribution in [1.82, 2.24) is 5.32 Å². The number of ether oxygens (including phenoxy) is 2. The van der Waals surface area contributed by atoms with Crippen LogP contribution in [0, 0.1) is 5.92 Å². The smallest absolute Gasteiger partial charge is 0.318 e. The maximum Gasteiger partial charge on any atom is 0.318 e. The summed E-state index contributed by atoms with van der Waals surface area (Å²) in [6, 6.07) is 15.0. The Labute approximate surface area is 165 Å². The first-order valence-corrected chi connectivity index (χ1v) is 9.95. The predicted octanol–water partition coefficient (Wildman–Crippen LogP) is 4.16. The zero-order valence-corrected chi connectivity index (χ0v) is 16.0. The van der Waals surface area contributed by atoms with Gasteiger partial charge in [0.2, 0.25) is 0 Å². The Kier molecular flexibility index (Phi) is 5.33. The van der Waals surface area contributed by atoms with Crippen molar-refractivity contribution >= 4 is 11.9 Å². The van der Waals surface area contributed by atoms with Gasteiger partial charge in [-0.2, -0.15) is 0 Å². The minimum Gasteiger partial charge on any atom is -0.457 e. The standard InChI is InChI=1S/C23H25NO4/c1-15-8-2-5-11-18(15)24-21(25)14-27-23(26)22-16-9-3-6-12-19(16)28-20-13-7-4-10-17(20)22/h3-4,6-7,9-10,12-13,15,18,22H,2,5,8,11,14H2,1H3,(H,24,25). The van der Waals surface area contributed by atoms with Crippen molar-refractivity contribution in [3.8, 4) is 11.5 Å². The number of fused-ring (bicyclic) bond motifs is 2. The molecule has 0 aromatic heterocycles. The SMILES string of the molecule is CC1CCCCC1NC(=O)COC(=O)C1c2ccccc2Oc2ccccc21. The van der Waals surface area contributed by atoms with Crippen LogP contribution in [-0.2, 0) is 14.3 Å². The molecule has 1 heterocycles. The topological polar surface area (TPSA) is 64.6 Å². The van der Waals surface area contributed by atoms with Crippen LogP contribution in [-0.4, -0.2) is 24.5 Å². The third-order valence-corrected chi connectivity index (χ3v) is 5.72. The highest BCUT2D eigenvalue weighted by Crippen LogP contribution is 2.44. The second-order valence-corrected chi connectivity index (χ2v) is 7.65. The van der Waals surface area contributed by atoms with Crippen molar-refractivity contribution in [3.63, 3.8) is 0 Å². The van der Waals surface area contributed by atoms with Gasteiger partial charge in [0.15, 0.2) is 6.61 Å². The summed E-state index contributed by atoms with van der Waals surface area (Å²) in [6.07, 6.45) is 4.46. The van der Waals surface area contributed by atoms with Crippen LogP contribution in [0.4, 0.5) is 0 Å². The lowest BCUT2D eigenvalue weighted by atomic mass is 9.86.